The van der Waals surface area contributed by atoms with Crippen LogP contribution in [-0.2, 0) is 32.7 Å². The van der Waals surface area contributed by atoms with Crippen molar-refractivity contribution in [3.8, 4) is 17.2 Å². The number of methoxy groups -OCH3 is 2. The molecule has 3 heterocycles. The third kappa shape index (κ3) is 8.16. The molecule has 1 unspecified atom stereocenters. The molecule has 0 aliphatic carbocycles. The van der Waals surface area contributed by atoms with Crippen LogP contribution in [0.5, 0.6) is 17.2 Å². The van der Waals surface area contributed by atoms with Crippen molar-refractivity contribution >= 4 is 38.6 Å². The van der Waals surface area contributed by atoms with E-state index < -0.39 is 33.1 Å². The van der Waals surface area contributed by atoms with E-state index in [9.17, 15) is 27.2 Å². The summed E-state index contributed by atoms with van der Waals surface area (Å²) in [4.78, 5) is 40.9. The fourth-order valence-electron chi connectivity index (χ4n) is 5.95. The number of fused-ring (bicyclic) bond motifs is 3. The fraction of sp³-hybridized carbons (Fsp3) is 0.444. The van der Waals surface area contributed by atoms with Gasteiger partial charge in [0.2, 0.25) is 10.0 Å². The summed E-state index contributed by atoms with van der Waals surface area (Å²) in [5, 5.41) is 4.54. The van der Waals surface area contributed by atoms with E-state index in [0.717, 1.165) is 14.6 Å². The quantitative estimate of drug-likeness (QED) is 0.131. The summed E-state index contributed by atoms with van der Waals surface area (Å²) < 4.78 is 67.3. The van der Waals surface area contributed by atoms with Crippen LogP contribution < -0.4 is 24.1 Å². The summed E-state index contributed by atoms with van der Waals surface area (Å²) in [5.74, 6) is -1.20. The standard InChI is InChI=1S/C34H40FN5O9S.C2H6/c1-7-38-18-21(2)40-29-28(31(47-6)30(40)34(38)43)33(42)39(36-32(29)37(4)50(44,45)16-8-15-48-22(3)41)19-24-11-12-25(35)17-27(24)49-20-23-9-13-26(46-5)14-10-23;1-2/h9-14,17,21H,7-8,15-16,18-20H2,1-6H3;1-2H3. The highest BCUT2D eigenvalue weighted by Crippen LogP contribution is 2.41. The molecule has 0 bridgehead atoms. The van der Waals surface area contributed by atoms with E-state index in [1.54, 1.807) is 40.8 Å². The third-order valence-electron chi connectivity index (χ3n) is 8.51. The Bertz CT molecular complexity index is 2080. The van der Waals surface area contributed by atoms with Gasteiger partial charge in [0.05, 0.1) is 33.1 Å². The van der Waals surface area contributed by atoms with Crippen molar-refractivity contribution < 1.29 is 41.3 Å². The van der Waals surface area contributed by atoms with Crippen molar-refractivity contribution in [1.82, 2.24) is 19.2 Å². The van der Waals surface area contributed by atoms with Gasteiger partial charge in [-0.1, -0.05) is 32.0 Å². The summed E-state index contributed by atoms with van der Waals surface area (Å²) in [5.41, 5.74) is 0.736. The zero-order valence-electron chi connectivity index (χ0n) is 30.8. The molecular formula is C36H46FN5O9S. The lowest BCUT2D eigenvalue weighted by Crippen LogP contribution is -2.42. The molecule has 0 fully saturated rings. The normalized spacial score (nSPS) is 14.0. The van der Waals surface area contributed by atoms with Crippen LogP contribution >= 0.6 is 0 Å². The largest absolute Gasteiger partial charge is 0.497 e. The summed E-state index contributed by atoms with van der Waals surface area (Å²) in [6.45, 7) is 9.36. The van der Waals surface area contributed by atoms with Crippen LogP contribution in [0.2, 0.25) is 0 Å². The zero-order valence-corrected chi connectivity index (χ0v) is 31.6. The third-order valence-corrected chi connectivity index (χ3v) is 10.3. The SMILES string of the molecule is CC.CCN1CC(C)n2c(c(OC)c3c(=O)n(Cc4ccc(F)cc4OCc4ccc(OC)cc4)nc(N(C)S(=O)(=O)CCCOC(C)=O)c32)C1=O. The molecule has 1 aliphatic heterocycles. The number of hydrogen-bond donors (Lipinski definition) is 0. The lowest BCUT2D eigenvalue weighted by Gasteiger charge is -2.33. The van der Waals surface area contributed by atoms with Crippen LogP contribution in [0, 0.1) is 5.82 Å². The lowest BCUT2D eigenvalue weighted by molar-refractivity contribution is -0.140. The number of aromatic nitrogens is 3. The molecule has 4 aromatic rings. The first-order valence-corrected chi connectivity index (χ1v) is 18.6. The number of amides is 1. The number of likely N-dealkylation sites (N-methyl/N-ethyl adjacent to an activating group) is 1. The van der Waals surface area contributed by atoms with Crippen LogP contribution in [0.3, 0.4) is 0 Å². The first-order valence-electron chi connectivity index (χ1n) is 17.0. The van der Waals surface area contributed by atoms with Crippen molar-refractivity contribution in [2.45, 2.75) is 60.2 Å². The highest BCUT2D eigenvalue weighted by atomic mass is 32.2. The Morgan fingerprint density at radius 3 is 2.38 bits per heavy atom. The number of carbonyl (C=O) groups excluding carboxylic acids is 2. The molecule has 0 saturated heterocycles. The zero-order chi connectivity index (χ0) is 38.3. The van der Waals surface area contributed by atoms with Gasteiger partial charge in [0.1, 0.15) is 34.8 Å². The summed E-state index contributed by atoms with van der Waals surface area (Å²) >= 11 is 0. The predicted octanol–water partition coefficient (Wildman–Crippen LogP) is 4.76. The van der Waals surface area contributed by atoms with Crippen LogP contribution in [-0.4, -0.2) is 86.3 Å². The molecule has 5 rings (SSSR count). The molecule has 1 amide bonds. The van der Waals surface area contributed by atoms with Gasteiger partial charge in [0, 0.05) is 44.7 Å². The molecule has 282 valence electrons. The van der Waals surface area contributed by atoms with Crippen molar-refractivity contribution in [1.29, 1.82) is 0 Å². The second-order valence-electron chi connectivity index (χ2n) is 11.8. The van der Waals surface area contributed by atoms with E-state index >= 15 is 0 Å². The summed E-state index contributed by atoms with van der Waals surface area (Å²) in [6, 6.07) is 10.6. The first-order chi connectivity index (χ1) is 24.8. The monoisotopic (exact) mass is 743 g/mol. The molecule has 0 saturated carbocycles. The number of hydrogen-bond acceptors (Lipinski definition) is 10. The highest BCUT2D eigenvalue weighted by Gasteiger charge is 2.39. The number of sulfonamides is 1. The van der Waals surface area contributed by atoms with Gasteiger partial charge >= 0.3 is 5.97 Å². The minimum absolute atomic E-state index is 0.00635. The molecule has 2 aromatic carbocycles. The maximum atomic E-state index is 14.5. The maximum Gasteiger partial charge on any atom is 0.302 e. The number of halogens is 1. The van der Waals surface area contributed by atoms with Crippen LogP contribution in [0.4, 0.5) is 10.2 Å². The molecule has 2 aromatic heterocycles. The Morgan fingerprint density at radius 2 is 1.77 bits per heavy atom. The molecule has 14 nitrogen and oxygen atoms in total. The number of rotatable bonds is 14. The minimum atomic E-state index is -4.10. The lowest BCUT2D eigenvalue weighted by atomic mass is 10.2. The van der Waals surface area contributed by atoms with E-state index in [2.05, 4.69) is 5.10 Å². The van der Waals surface area contributed by atoms with E-state index in [-0.39, 0.29) is 72.0 Å². The van der Waals surface area contributed by atoms with Gasteiger partial charge in [-0.2, -0.15) is 0 Å². The van der Waals surface area contributed by atoms with E-state index in [1.165, 1.54) is 39.3 Å². The number of esters is 1. The predicted molar refractivity (Wildman–Crippen MR) is 194 cm³/mol. The first kappa shape index (κ1) is 39.7. The number of benzene rings is 2. The Kier molecular flexibility index (Phi) is 12.9. The second-order valence-corrected chi connectivity index (χ2v) is 13.9. The van der Waals surface area contributed by atoms with Gasteiger partial charge in [0.15, 0.2) is 17.3 Å². The van der Waals surface area contributed by atoms with Gasteiger partial charge in [0.25, 0.3) is 11.5 Å². The molecular weight excluding hydrogens is 697 g/mol. The highest BCUT2D eigenvalue weighted by molar-refractivity contribution is 7.92. The van der Waals surface area contributed by atoms with Gasteiger partial charge in [-0.25, -0.2) is 17.5 Å². The topological polar surface area (TPSA) is 152 Å². The van der Waals surface area contributed by atoms with Gasteiger partial charge in [-0.05, 0) is 44.0 Å². The molecule has 1 atom stereocenters. The molecule has 52 heavy (non-hydrogen) atoms. The Labute approximate surface area is 302 Å². The van der Waals surface area contributed by atoms with E-state index in [0.29, 0.717) is 24.4 Å². The molecule has 0 spiro atoms. The number of carbonyl (C=O) groups is 2. The minimum Gasteiger partial charge on any atom is -0.497 e. The molecule has 0 radical (unpaired) electrons. The van der Waals surface area contributed by atoms with Gasteiger partial charge < -0.3 is 28.4 Å². The fourth-order valence-corrected chi connectivity index (χ4v) is 7.09. The van der Waals surface area contributed by atoms with Crippen molar-refractivity contribution in [3.63, 3.8) is 0 Å². The number of nitrogens with zero attached hydrogens (tertiary/aromatic N) is 5. The average Bonchev–Trinajstić information content (AvgIpc) is 3.50. The van der Waals surface area contributed by atoms with Crippen LogP contribution in [0.1, 0.15) is 68.7 Å². The average molecular weight is 744 g/mol. The molecule has 0 N–H and O–H groups in total. The van der Waals surface area contributed by atoms with Crippen molar-refractivity contribution in [3.05, 3.63) is 75.5 Å². The van der Waals surface area contributed by atoms with Gasteiger partial charge in [-0.15, -0.1) is 5.10 Å². The van der Waals surface area contributed by atoms with Gasteiger partial charge in [-0.3, -0.25) is 18.7 Å². The number of ether oxygens (including phenoxy) is 4. The Balaban J connectivity index is 0.00000297. The van der Waals surface area contributed by atoms with Crippen LogP contribution in [0.15, 0.2) is 47.3 Å². The second kappa shape index (κ2) is 16.9. The number of anilines is 1. The smallest absolute Gasteiger partial charge is 0.302 e. The molecule has 1 aliphatic rings. The van der Waals surface area contributed by atoms with E-state index in [1.807, 2.05) is 27.7 Å². The Hall–Kier alpha value is -5.12. The van der Waals surface area contributed by atoms with Crippen molar-refractivity contribution in [2.24, 2.45) is 0 Å². The Morgan fingerprint density at radius 1 is 1.08 bits per heavy atom. The summed E-state index contributed by atoms with van der Waals surface area (Å²) in [7, 11) is 0.0936. The maximum absolute atomic E-state index is 14.5. The van der Waals surface area contributed by atoms with Crippen LogP contribution in [0.25, 0.3) is 10.9 Å². The van der Waals surface area contributed by atoms with E-state index in [4.69, 9.17) is 18.9 Å². The molecule has 16 heteroatoms. The van der Waals surface area contributed by atoms with Crippen molar-refractivity contribution in [2.75, 3.05) is 51.0 Å². The summed E-state index contributed by atoms with van der Waals surface area (Å²) in [6.07, 6.45) is 0.00937.